The van der Waals surface area contributed by atoms with Gasteiger partial charge in [0.1, 0.15) is 54.9 Å². The van der Waals surface area contributed by atoms with Crippen LogP contribution in [0, 0.1) is 56.2 Å². The fourth-order valence-corrected chi connectivity index (χ4v) is 17.3. The molecule has 24 heteroatoms. The van der Waals surface area contributed by atoms with E-state index in [2.05, 4.69) is 26.0 Å². The summed E-state index contributed by atoms with van der Waals surface area (Å²) in [5.41, 5.74) is -3.11. The molecule has 8 aliphatic rings. The predicted octanol–water partition coefficient (Wildman–Crippen LogP) is 2.64. The van der Waals surface area contributed by atoms with E-state index >= 15 is 0 Å². The normalized spacial score (nSPS) is 45.7. The number of ether oxygens (including phenoxy) is 9. The summed E-state index contributed by atoms with van der Waals surface area (Å²) in [7, 11) is 0. The number of carbonyl (C=O) groups is 4. The van der Waals surface area contributed by atoms with Gasteiger partial charge in [0.25, 0.3) is 0 Å². The molecule has 0 amide bonds. The molecule has 5 aliphatic carbocycles. The highest BCUT2D eigenvalue weighted by Gasteiger charge is 2.76. The Balaban J connectivity index is 1.13. The van der Waals surface area contributed by atoms with Gasteiger partial charge in [-0.3, -0.25) is 9.59 Å². The van der Waals surface area contributed by atoms with Crippen LogP contribution >= 0.6 is 0 Å². The van der Waals surface area contributed by atoms with Crippen molar-refractivity contribution in [2.24, 2.45) is 56.2 Å². The highest BCUT2D eigenvalue weighted by atomic mass is 16.8. The molecule has 7 fully saturated rings. The largest absolute Gasteiger partial charge is 0.479 e. The molecule has 24 nitrogen and oxygen atoms in total. The van der Waals surface area contributed by atoms with Gasteiger partial charge in [-0.1, -0.05) is 91.2 Å². The first-order chi connectivity index (χ1) is 41.1. The summed E-state index contributed by atoms with van der Waals surface area (Å²) in [4.78, 5) is 54.5. The third-order valence-corrected chi connectivity index (χ3v) is 22.6. The van der Waals surface area contributed by atoms with Gasteiger partial charge in [-0.15, -0.1) is 0 Å². The number of aliphatic hydroxyl groups is 10. The molecule has 27 atom stereocenters. The van der Waals surface area contributed by atoms with Crippen LogP contribution in [0.4, 0.5) is 0 Å². The van der Waals surface area contributed by atoms with Crippen LogP contribution in [0.15, 0.2) is 34.9 Å². The predicted molar refractivity (Wildman–Crippen MR) is 309 cm³/mol. The molecule has 0 aromatic carbocycles. The minimum atomic E-state index is -2.09. The van der Waals surface area contributed by atoms with Crippen molar-refractivity contribution in [2.45, 2.75) is 264 Å². The highest BCUT2D eigenvalue weighted by Crippen LogP contribution is 2.76. The molecular formula is C64H100O24. The second-order valence-electron chi connectivity index (χ2n) is 28.8. The quantitative estimate of drug-likeness (QED) is 0.0291. The van der Waals surface area contributed by atoms with E-state index in [4.69, 9.17) is 42.6 Å². The van der Waals surface area contributed by atoms with Crippen molar-refractivity contribution in [2.75, 3.05) is 19.8 Å². The first kappa shape index (κ1) is 70.3. The van der Waals surface area contributed by atoms with Gasteiger partial charge >= 0.3 is 23.9 Å². The molecule has 0 bridgehead atoms. The molecule has 3 saturated heterocycles. The van der Waals surface area contributed by atoms with Gasteiger partial charge in [0.2, 0.25) is 0 Å². The van der Waals surface area contributed by atoms with Crippen LogP contribution in [-0.4, -0.2) is 216 Å². The summed E-state index contributed by atoms with van der Waals surface area (Å²) in [5.74, 6) is -5.50. The molecule has 0 unspecified atom stereocenters. The second kappa shape index (κ2) is 26.5. The van der Waals surface area contributed by atoms with Gasteiger partial charge in [-0.05, 0) is 113 Å². The zero-order chi connectivity index (χ0) is 65.3. The van der Waals surface area contributed by atoms with E-state index in [0.29, 0.717) is 44.9 Å². The zero-order valence-corrected chi connectivity index (χ0v) is 53.2. The van der Waals surface area contributed by atoms with Crippen LogP contribution < -0.4 is 0 Å². The molecule has 4 saturated carbocycles. The lowest BCUT2D eigenvalue weighted by Gasteiger charge is -2.73. The molecular weight excluding hydrogens is 1150 g/mol. The van der Waals surface area contributed by atoms with E-state index in [1.54, 1.807) is 6.92 Å². The van der Waals surface area contributed by atoms with Crippen molar-refractivity contribution in [3.63, 3.8) is 0 Å². The molecule has 0 aromatic rings. The number of allylic oxidation sites excluding steroid dienone is 4. The number of aliphatic carboxylic acids is 1. The third kappa shape index (κ3) is 12.1. The summed E-state index contributed by atoms with van der Waals surface area (Å²) >= 11 is 0. The monoisotopic (exact) mass is 1250 g/mol. The van der Waals surface area contributed by atoms with Gasteiger partial charge in [-0.25, -0.2) is 9.59 Å². The molecule has 0 radical (unpaired) electrons. The molecule has 0 spiro atoms. The van der Waals surface area contributed by atoms with Crippen LogP contribution in [0.2, 0.25) is 0 Å². The summed E-state index contributed by atoms with van der Waals surface area (Å²) in [5, 5.41) is 124. The number of carbonyl (C=O) groups excluding carboxylic acids is 3. The summed E-state index contributed by atoms with van der Waals surface area (Å²) in [6.07, 6.45) is -22.0. The number of carboxylic acid groups (broad SMARTS) is 1. The molecule has 88 heavy (non-hydrogen) atoms. The maximum Gasteiger partial charge on any atom is 0.335 e. The molecule has 3 aliphatic heterocycles. The SMILES string of the molecule is CC[C@@H](C)C(=O)O[C@H]1[C@H](OC(=O)/C=C(/C)CCC=C(C)C)C(C)(C)C[C@H]2C3=CC[C@@H]4[C@@]5(C)CC[C@H](O[C@@H]6O[C@H](C(=O)O)[C@@H](O[C@@H]7O[C@@H](CO)[C@H](O)[C@H]7O)[C@H](OC(C)=O)[C@H]6O[C@@H]6O[C@H](CO)[C@@H](O)[C@H](O)[C@H]6O)C(C)(C)[C@@H]5CC[C@@]4(C)[C@]3(C)[C@@H](O)[C@@H](O)[C@]21CO. The van der Waals surface area contributed by atoms with Gasteiger partial charge in [0, 0.05) is 23.8 Å². The Morgan fingerprint density at radius 3 is 1.86 bits per heavy atom. The van der Waals surface area contributed by atoms with Gasteiger partial charge in [0.05, 0.1) is 49.5 Å². The van der Waals surface area contributed by atoms with Gasteiger partial charge < -0.3 is 98.8 Å². The zero-order valence-electron chi connectivity index (χ0n) is 53.2. The van der Waals surface area contributed by atoms with Gasteiger partial charge in [-0.2, -0.15) is 0 Å². The van der Waals surface area contributed by atoms with Crippen LogP contribution in [0.3, 0.4) is 0 Å². The summed E-state index contributed by atoms with van der Waals surface area (Å²) < 4.78 is 55.5. The minimum Gasteiger partial charge on any atom is -0.479 e. The van der Waals surface area contributed by atoms with E-state index < -0.39 is 205 Å². The number of rotatable bonds is 19. The highest BCUT2D eigenvalue weighted by molar-refractivity contribution is 5.83. The van der Waals surface area contributed by atoms with Gasteiger partial charge in [0.15, 0.2) is 43.3 Å². The standard InChI is InChI=1S/C64H100O24/c1-14-31(5)55(79)88-53-52(84-40(69)24-30(4)17-15-16-29(2)3)59(7,8)25-34-33-18-19-38-61(11)22-21-39(60(9,10)37(61)20-23-62(38,12)63(33,13)50(75)51(76)64(34,53)28-67)83-58-49(87-57-45(74)43(72)41(70)35(26-65)81-57)47(80-32(6)68)46(48(86-58)54(77)78)85-56-44(73)42(71)36(27-66)82-56/h16,18,24,31,34-39,41-53,56-58,65-67,70-76H,14-15,17,19-23,25-28H2,1-13H3,(H,77,78)/b30-24-/t31-,34+,35-,36+,37+,38-,39+,41-,42+,43+,44-,45-,46+,47+,48+,49-,50+,51-,52+,53+,56+,57+,58-,61+,62-,63+,64+/m1/s1. The Kier molecular flexibility index (Phi) is 21.1. The van der Waals surface area contributed by atoms with Crippen molar-refractivity contribution in [3.05, 3.63) is 34.9 Å². The number of hydrogen-bond donors (Lipinski definition) is 11. The first-order valence-electron chi connectivity index (χ1n) is 31.4. The maximum absolute atomic E-state index is 14.1. The van der Waals surface area contributed by atoms with Crippen molar-refractivity contribution >= 4 is 23.9 Å². The lowest BCUT2D eigenvalue weighted by atomic mass is 9.32. The number of hydrogen-bond acceptors (Lipinski definition) is 23. The fraction of sp³-hybridized carbons (Fsp3) is 0.844. The Hall–Kier alpha value is -3.54. The van der Waals surface area contributed by atoms with E-state index in [-0.39, 0.29) is 18.3 Å². The fourth-order valence-electron chi connectivity index (χ4n) is 17.3. The molecule has 0 aromatic heterocycles. The third-order valence-electron chi connectivity index (χ3n) is 22.6. The number of carboxylic acids is 1. The number of esters is 3. The first-order valence-corrected chi connectivity index (χ1v) is 31.4. The molecule has 11 N–H and O–H groups in total. The maximum atomic E-state index is 14.1. The Bertz CT molecular complexity index is 2620. The lowest BCUT2D eigenvalue weighted by molar-refractivity contribution is -0.383. The number of fused-ring (bicyclic) bond motifs is 7. The Morgan fingerprint density at radius 2 is 1.30 bits per heavy atom. The Morgan fingerprint density at radius 1 is 0.693 bits per heavy atom. The summed E-state index contributed by atoms with van der Waals surface area (Å²) in [6, 6.07) is 0. The molecule has 500 valence electrons. The average molecular weight is 1250 g/mol. The van der Waals surface area contributed by atoms with Crippen LogP contribution in [0.25, 0.3) is 0 Å². The second-order valence-corrected chi connectivity index (χ2v) is 28.8. The van der Waals surface area contributed by atoms with E-state index in [1.807, 2.05) is 62.3 Å². The van der Waals surface area contributed by atoms with E-state index in [0.717, 1.165) is 30.1 Å². The topological polar surface area (TPSA) is 374 Å². The van der Waals surface area contributed by atoms with Crippen molar-refractivity contribution in [3.8, 4) is 0 Å². The summed E-state index contributed by atoms with van der Waals surface area (Å²) in [6.45, 7) is 22.3. The van der Waals surface area contributed by atoms with Crippen LogP contribution in [-0.2, 0) is 61.8 Å². The smallest absolute Gasteiger partial charge is 0.335 e. The molecule has 8 rings (SSSR count). The van der Waals surface area contributed by atoms with E-state index in [9.17, 15) is 75.3 Å². The van der Waals surface area contributed by atoms with Crippen molar-refractivity contribution < 1.29 is 118 Å². The Labute approximate surface area is 515 Å². The lowest BCUT2D eigenvalue weighted by Crippen LogP contribution is -2.76. The van der Waals surface area contributed by atoms with Crippen molar-refractivity contribution in [1.82, 2.24) is 0 Å². The van der Waals surface area contributed by atoms with E-state index in [1.165, 1.54) is 6.08 Å². The number of aliphatic hydroxyl groups excluding tert-OH is 10. The minimum absolute atomic E-state index is 0.166. The van der Waals surface area contributed by atoms with Crippen molar-refractivity contribution in [1.29, 1.82) is 0 Å². The molecule has 3 heterocycles. The average Bonchev–Trinajstić information content (AvgIpc) is 0.817. The van der Waals surface area contributed by atoms with Crippen LogP contribution in [0.5, 0.6) is 0 Å². The van der Waals surface area contributed by atoms with Crippen LogP contribution in [0.1, 0.15) is 148 Å².